The van der Waals surface area contributed by atoms with Crippen LogP contribution in [0.1, 0.15) is 37.9 Å². The van der Waals surface area contributed by atoms with Crippen molar-refractivity contribution in [1.82, 2.24) is 9.88 Å². The Morgan fingerprint density at radius 3 is 2.92 bits per heavy atom. The third-order valence-electron chi connectivity index (χ3n) is 5.88. The smallest absolute Gasteiger partial charge is 0.0952 e. The molecule has 0 aliphatic carbocycles. The number of rotatable bonds is 3. The number of fused-ring (bicyclic) bond motifs is 4. The molecule has 5 rings (SSSR count). The van der Waals surface area contributed by atoms with Crippen LogP contribution in [0.4, 0.5) is 0 Å². The molecule has 0 radical (unpaired) electrons. The predicted molar refractivity (Wildman–Crippen MR) is 101 cm³/mol. The Morgan fingerprint density at radius 1 is 1.38 bits per heavy atom. The van der Waals surface area contributed by atoms with E-state index in [9.17, 15) is 5.11 Å². The Balaban J connectivity index is 0.00000169. The van der Waals surface area contributed by atoms with Gasteiger partial charge in [-0.25, -0.2) is 0 Å². The fourth-order valence-electron chi connectivity index (χ4n) is 4.58. The van der Waals surface area contributed by atoms with E-state index in [-0.39, 0.29) is 18.4 Å². The molecule has 0 spiro atoms. The lowest BCUT2D eigenvalue weighted by Crippen LogP contribution is -2.55. The standard InChI is InChI=1S/C19H23ClN2O.ClH/c1-2-12-11-22-8-6-13(12)9-18(22)19(23)15-5-7-21-17-4-3-14(20)10-16(15)17;/h3-5,7,10,12-13,18-19,23H,2,6,8-9,11H2,1H3;1H/t12-,13+,18?,19+;/m0./s1. The van der Waals surface area contributed by atoms with E-state index in [0.717, 1.165) is 47.8 Å². The molecule has 1 aromatic heterocycles. The van der Waals surface area contributed by atoms with Crippen LogP contribution in [0.2, 0.25) is 5.02 Å². The number of pyridine rings is 1. The van der Waals surface area contributed by atoms with E-state index in [0.29, 0.717) is 5.02 Å². The van der Waals surface area contributed by atoms with Crippen LogP contribution in [0, 0.1) is 11.8 Å². The number of hydrogen-bond acceptors (Lipinski definition) is 3. The van der Waals surface area contributed by atoms with Crippen LogP contribution in [0.3, 0.4) is 0 Å². The number of hydrogen-bond donors (Lipinski definition) is 1. The van der Waals surface area contributed by atoms with E-state index < -0.39 is 6.10 Å². The highest BCUT2D eigenvalue weighted by Gasteiger charge is 2.42. The Morgan fingerprint density at radius 2 is 2.21 bits per heavy atom. The van der Waals surface area contributed by atoms with Crippen molar-refractivity contribution in [3.63, 3.8) is 0 Å². The largest absolute Gasteiger partial charge is 0.387 e. The van der Waals surface area contributed by atoms with Gasteiger partial charge in [-0.05, 0) is 61.1 Å². The van der Waals surface area contributed by atoms with Crippen molar-refractivity contribution in [2.45, 2.75) is 38.3 Å². The monoisotopic (exact) mass is 366 g/mol. The first kappa shape index (κ1) is 17.9. The van der Waals surface area contributed by atoms with E-state index in [1.165, 1.54) is 12.8 Å². The Bertz CT molecular complexity index is 724. The van der Waals surface area contributed by atoms with Crippen LogP contribution >= 0.6 is 24.0 Å². The first-order valence-electron chi connectivity index (χ1n) is 8.63. The van der Waals surface area contributed by atoms with Gasteiger partial charge in [-0.3, -0.25) is 9.88 Å². The molecule has 3 saturated heterocycles. The van der Waals surface area contributed by atoms with E-state index >= 15 is 0 Å². The minimum Gasteiger partial charge on any atom is -0.387 e. The van der Waals surface area contributed by atoms with Crippen LogP contribution in [-0.4, -0.2) is 34.1 Å². The first-order chi connectivity index (χ1) is 11.2. The topological polar surface area (TPSA) is 36.4 Å². The van der Waals surface area contributed by atoms with Gasteiger partial charge in [0.05, 0.1) is 11.6 Å². The van der Waals surface area contributed by atoms with Gasteiger partial charge in [0.2, 0.25) is 0 Å². The Labute approximate surface area is 154 Å². The lowest BCUT2D eigenvalue weighted by molar-refractivity contribution is -0.0562. The number of aliphatic hydroxyl groups is 1. The SMILES string of the molecule is CC[C@H]1CN2CC[C@@H]1CC2[C@H](O)c1ccnc2ccc(Cl)cc12.Cl. The van der Waals surface area contributed by atoms with Crippen LogP contribution in [0.15, 0.2) is 30.5 Å². The third-order valence-corrected chi connectivity index (χ3v) is 6.12. The summed E-state index contributed by atoms with van der Waals surface area (Å²) in [6, 6.07) is 7.87. The van der Waals surface area contributed by atoms with Crippen LogP contribution in [0.25, 0.3) is 10.9 Å². The lowest BCUT2D eigenvalue weighted by Gasteiger charge is -2.51. The zero-order chi connectivity index (χ0) is 16.0. The van der Waals surface area contributed by atoms with Gasteiger partial charge in [0.25, 0.3) is 0 Å². The number of aliphatic hydroxyl groups excluding tert-OH is 1. The van der Waals surface area contributed by atoms with Crippen molar-refractivity contribution in [3.8, 4) is 0 Å². The molecule has 2 unspecified atom stereocenters. The van der Waals surface area contributed by atoms with Crippen LogP contribution in [-0.2, 0) is 0 Å². The van der Waals surface area contributed by atoms with E-state index in [2.05, 4.69) is 16.8 Å². The molecular weight excluding hydrogens is 343 g/mol. The van der Waals surface area contributed by atoms with E-state index in [1.807, 2.05) is 24.3 Å². The highest BCUT2D eigenvalue weighted by Crippen LogP contribution is 2.42. The van der Waals surface area contributed by atoms with Crippen molar-refractivity contribution in [2.75, 3.05) is 13.1 Å². The maximum atomic E-state index is 11.1. The van der Waals surface area contributed by atoms with Crippen LogP contribution < -0.4 is 0 Å². The quantitative estimate of drug-likeness (QED) is 0.870. The van der Waals surface area contributed by atoms with Crippen molar-refractivity contribution >= 4 is 34.9 Å². The average molecular weight is 367 g/mol. The second-order valence-corrected chi connectivity index (χ2v) is 7.46. The summed E-state index contributed by atoms with van der Waals surface area (Å²) in [6.45, 7) is 4.54. The van der Waals surface area contributed by atoms with Crippen molar-refractivity contribution in [1.29, 1.82) is 0 Å². The number of aromatic nitrogens is 1. The molecule has 0 saturated carbocycles. The molecule has 5 heteroatoms. The van der Waals surface area contributed by atoms with E-state index in [1.54, 1.807) is 6.20 Å². The van der Waals surface area contributed by atoms with Crippen molar-refractivity contribution in [2.24, 2.45) is 11.8 Å². The number of nitrogens with zero attached hydrogens (tertiary/aromatic N) is 2. The highest BCUT2D eigenvalue weighted by atomic mass is 35.5. The molecule has 3 aliphatic heterocycles. The predicted octanol–water partition coefficient (Wildman–Crippen LogP) is 4.46. The van der Waals surface area contributed by atoms with Crippen LogP contribution in [0.5, 0.6) is 0 Å². The first-order valence-corrected chi connectivity index (χ1v) is 9.01. The van der Waals surface area contributed by atoms with E-state index in [4.69, 9.17) is 11.6 Å². The fraction of sp³-hybridized carbons (Fsp3) is 0.526. The van der Waals surface area contributed by atoms with Crippen molar-refractivity contribution < 1.29 is 5.11 Å². The number of halogens is 2. The van der Waals surface area contributed by atoms with Gasteiger partial charge in [0, 0.05) is 29.2 Å². The highest BCUT2D eigenvalue weighted by molar-refractivity contribution is 6.31. The minimum absolute atomic E-state index is 0. The van der Waals surface area contributed by atoms with Gasteiger partial charge in [-0.1, -0.05) is 24.9 Å². The average Bonchev–Trinajstić information content (AvgIpc) is 2.60. The molecule has 4 heterocycles. The summed E-state index contributed by atoms with van der Waals surface area (Å²) < 4.78 is 0. The minimum atomic E-state index is -0.473. The molecule has 24 heavy (non-hydrogen) atoms. The normalized spacial score (nSPS) is 30.1. The summed E-state index contributed by atoms with van der Waals surface area (Å²) in [5.74, 6) is 1.57. The summed E-state index contributed by atoms with van der Waals surface area (Å²) in [5, 5.41) is 12.8. The summed E-state index contributed by atoms with van der Waals surface area (Å²) in [4.78, 5) is 6.90. The Kier molecular flexibility index (Phi) is 5.36. The molecule has 3 aliphatic rings. The fourth-order valence-corrected chi connectivity index (χ4v) is 4.75. The summed E-state index contributed by atoms with van der Waals surface area (Å²) in [6.07, 6.45) is 4.95. The molecule has 0 amide bonds. The van der Waals surface area contributed by atoms with Gasteiger partial charge < -0.3 is 5.11 Å². The maximum Gasteiger partial charge on any atom is 0.0952 e. The molecule has 130 valence electrons. The lowest BCUT2D eigenvalue weighted by atomic mass is 9.72. The molecular formula is C19H24Cl2N2O. The maximum absolute atomic E-state index is 11.1. The van der Waals surface area contributed by atoms with Crippen molar-refractivity contribution in [3.05, 3.63) is 41.0 Å². The zero-order valence-corrected chi connectivity index (χ0v) is 15.4. The second kappa shape index (κ2) is 7.17. The number of piperidine rings is 3. The van der Waals surface area contributed by atoms with Gasteiger partial charge >= 0.3 is 0 Å². The van der Waals surface area contributed by atoms with Gasteiger partial charge in [0.15, 0.2) is 0 Å². The Hall–Kier alpha value is -0.870. The van der Waals surface area contributed by atoms with Gasteiger partial charge in [-0.15, -0.1) is 12.4 Å². The molecule has 1 aromatic carbocycles. The summed E-state index contributed by atoms with van der Waals surface area (Å²) in [5.41, 5.74) is 1.86. The zero-order valence-electron chi connectivity index (χ0n) is 13.9. The molecule has 5 atom stereocenters. The molecule has 1 N–H and O–H groups in total. The second-order valence-electron chi connectivity index (χ2n) is 7.02. The van der Waals surface area contributed by atoms with Gasteiger partial charge in [0.1, 0.15) is 0 Å². The third kappa shape index (κ3) is 3.03. The molecule has 2 bridgehead atoms. The molecule has 2 aromatic rings. The summed E-state index contributed by atoms with van der Waals surface area (Å²) in [7, 11) is 0. The molecule has 3 fully saturated rings. The number of benzene rings is 1. The summed E-state index contributed by atoms with van der Waals surface area (Å²) >= 11 is 6.16. The molecule has 3 nitrogen and oxygen atoms in total. The van der Waals surface area contributed by atoms with Gasteiger partial charge in [-0.2, -0.15) is 0 Å².